The van der Waals surface area contributed by atoms with E-state index in [4.69, 9.17) is 0 Å². The molecule has 0 heterocycles. The maximum atomic E-state index is 12.4. The minimum absolute atomic E-state index is 0.0984. The molecule has 1 saturated carbocycles. The number of likely N-dealkylation sites (N-methyl/N-ethyl adjacent to an activating group) is 1. The third-order valence-electron chi connectivity index (χ3n) is 3.52. The lowest BCUT2D eigenvalue weighted by atomic mass is 9.80. The van der Waals surface area contributed by atoms with Gasteiger partial charge in [-0.3, -0.25) is 9.59 Å². The number of carbonyl (C=O) groups is 2. The Morgan fingerprint density at radius 3 is 2.28 bits per heavy atom. The van der Waals surface area contributed by atoms with Crippen molar-refractivity contribution in [1.29, 1.82) is 5.26 Å². The Kier molecular flexibility index (Phi) is 5.14. The maximum Gasteiger partial charge on any atom is 0.325 e. The Morgan fingerprint density at radius 1 is 1.28 bits per heavy atom. The largest absolute Gasteiger partial charge is 0.468 e. The van der Waals surface area contributed by atoms with Gasteiger partial charge in [0.2, 0.25) is 5.91 Å². The first-order chi connectivity index (χ1) is 8.55. The lowest BCUT2D eigenvalue weighted by molar-refractivity contribution is -0.149. The number of nitriles is 1. The molecule has 5 nitrogen and oxygen atoms in total. The smallest absolute Gasteiger partial charge is 0.325 e. The molecule has 0 spiro atoms. The SMILES string of the molecule is COC(=O)CN(C)C(=O)C1(C#N)CCCCCC1. The van der Waals surface area contributed by atoms with E-state index in [1.807, 2.05) is 0 Å². The summed E-state index contributed by atoms with van der Waals surface area (Å²) >= 11 is 0. The van der Waals surface area contributed by atoms with Gasteiger partial charge in [-0.2, -0.15) is 5.26 Å². The minimum Gasteiger partial charge on any atom is -0.468 e. The maximum absolute atomic E-state index is 12.4. The highest BCUT2D eigenvalue weighted by Crippen LogP contribution is 2.35. The second-order valence-electron chi connectivity index (χ2n) is 4.85. The molecule has 0 bridgehead atoms. The Bertz CT molecular complexity index is 352. The highest BCUT2D eigenvalue weighted by Gasteiger charge is 2.41. The first-order valence-electron chi connectivity index (χ1n) is 6.29. The van der Waals surface area contributed by atoms with Crippen molar-refractivity contribution in [3.05, 3.63) is 0 Å². The van der Waals surface area contributed by atoms with Gasteiger partial charge in [0.1, 0.15) is 12.0 Å². The summed E-state index contributed by atoms with van der Waals surface area (Å²) in [5, 5.41) is 9.36. The van der Waals surface area contributed by atoms with Gasteiger partial charge in [-0.05, 0) is 12.8 Å². The van der Waals surface area contributed by atoms with Crippen LogP contribution in [0.25, 0.3) is 0 Å². The molecule has 0 aromatic heterocycles. The van der Waals surface area contributed by atoms with Gasteiger partial charge in [-0.15, -0.1) is 0 Å². The number of esters is 1. The molecule has 1 fully saturated rings. The first kappa shape index (κ1) is 14.5. The molecular formula is C13H20N2O3. The lowest BCUT2D eigenvalue weighted by Gasteiger charge is -2.28. The quantitative estimate of drug-likeness (QED) is 0.563. The lowest BCUT2D eigenvalue weighted by Crippen LogP contribution is -2.43. The molecular weight excluding hydrogens is 232 g/mol. The van der Waals surface area contributed by atoms with E-state index in [0.717, 1.165) is 25.7 Å². The van der Waals surface area contributed by atoms with Crippen molar-refractivity contribution >= 4 is 11.9 Å². The number of carbonyl (C=O) groups excluding carboxylic acids is 2. The summed E-state index contributed by atoms with van der Waals surface area (Å²) in [5.41, 5.74) is -0.945. The number of amides is 1. The zero-order valence-corrected chi connectivity index (χ0v) is 11.1. The van der Waals surface area contributed by atoms with Crippen LogP contribution in [0.2, 0.25) is 0 Å². The summed E-state index contributed by atoms with van der Waals surface area (Å²) in [6.45, 7) is -0.0984. The van der Waals surface area contributed by atoms with Gasteiger partial charge in [-0.25, -0.2) is 0 Å². The van der Waals surface area contributed by atoms with Crippen LogP contribution >= 0.6 is 0 Å². The fourth-order valence-corrected chi connectivity index (χ4v) is 2.40. The van der Waals surface area contributed by atoms with Gasteiger partial charge in [0.25, 0.3) is 0 Å². The summed E-state index contributed by atoms with van der Waals surface area (Å²) in [5.74, 6) is -0.718. The van der Waals surface area contributed by atoms with Crippen LogP contribution in [0.15, 0.2) is 0 Å². The van der Waals surface area contributed by atoms with Crippen LogP contribution in [-0.2, 0) is 14.3 Å². The van der Waals surface area contributed by atoms with Gasteiger partial charge in [0.05, 0.1) is 13.2 Å². The summed E-state index contributed by atoms with van der Waals surface area (Å²) in [7, 11) is 2.83. The summed E-state index contributed by atoms with van der Waals surface area (Å²) in [6, 6.07) is 2.19. The molecule has 1 amide bonds. The highest BCUT2D eigenvalue weighted by molar-refractivity contribution is 5.88. The van der Waals surface area contributed by atoms with E-state index < -0.39 is 11.4 Å². The van der Waals surface area contributed by atoms with Gasteiger partial charge in [-0.1, -0.05) is 25.7 Å². The van der Waals surface area contributed by atoms with Crippen molar-refractivity contribution in [3.8, 4) is 6.07 Å². The van der Waals surface area contributed by atoms with E-state index in [-0.39, 0.29) is 12.5 Å². The van der Waals surface area contributed by atoms with Gasteiger partial charge in [0.15, 0.2) is 0 Å². The molecule has 0 aliphatic heterocycles. The standard InChI is InChI=1S/C13H20N2O3/c1-15(9-11(16)18-2)12(17)13(10-14)7-5-3-4-6-8-13/h3-9H2,1-2H3. The van der Waals surface area contributed by atoms with Gasteiger partial charge < -0.3 is 9.64 Å². The molecule has 0 N–H and O–H groups in total. The molecule has 1 aliphatic rings. The van der Waals surface area contributed by atoms with E-state index in [2.05, 4.69) is 10.8 Å². The number of rotatable bonds is 3. The van der Waals surface area contributed by atoms with Gasteiger partial charge >= 0.3 is 5.97 Å². The molecule has 1 aliphatic carbocycles. The average molecular weight is 252 g/mol. The fraction of sp³-hybridized carbons (Fsp3) is 0.769. The Balaban J connectivity index is 2.77. The van der Waals surface area contributed by atoms with Crippen molar-refractivity contribution in [2.24, 2.45) is 5.41 Å². The third kappa shape index (κ3) is 3.22. The van der Waals surface area contributed by atoms with E-state index >= 15 is 0 Å². The van der Waals surface area contributed by atoms with Crippen molar-refractivity contribution in [1.82, 2.24) is 4.90 Å². The summed E-state index contributed by atoms with van der Waals surface area (Å²) < 4.78 is 4.53. The van der Waals surface area contributed by atoms with E-state index in [9.17, 15) is 14.9 Å². The summed E-state index contributed by atoms with van der Waals surface area (Å²) in [6.07, 6.45) is 5.10. The monoisotopic (exact) mass is 252 g/mol. The van der Waals surface area contributed by atoms with Crippen LogP contribution < -0.4 is 0 Å². The number of hydrogen-bond donors (Lipinski definition) is 0. The second kappa shape index (κ2) is 6.39. The van der Waals surface area contributed by atoms with Crippen LogP contribution in [0.1, 0.15) is 38.5 Å². The van der Waals surface area contributed by atoms with Crippen LogP contribution in [-0.4, -0.2) is 37.5 Å². The Morgan fingerprint density at radius 2 is 1.83 bits per heavy atom. The molecule has 1 rings (SSSR count). The van der Waals surface area contributed by atoms with Crippen molar-refractivity contribution < 1.29 is 14.3 Å². The number of methoxy groups -OCH3 is 1. The third-order valence-corrected chi connectivity index (χ3v) is 3.52. The van der Waals surface area contributed by atoms with Crippen molar-refractivity contribution in [2.75, 3.05) is 20.7 Å². The normalized spacial score (nSPS) is 18.3. The topological polar surface area (TPSA) is 70.4 Å². The highest BCUT2D eigenvalue weighted by atomic mass is 16.5. The number of hydrogen-bond acceptors (Lipinski definition) is 4. The molecule has 0 aromatic carbocycles. The molecule has 0 radical (unpaired) electrons. The predicted molar refractivity (Wildman–Crippen MR) is 65.4 cm³/mol. The average Bonchev–Trinajstić information content (AvgIpc) is 2.63. The van der Waals surface area contributed by atoms with Crippen molar-refractivity contribution in [3.63, 3.8) is 0 Å². The fourth-order valence-electron chi connectivity index (χ4n) is 2.40. The Hall–Kier alpha value is -1.57. The molecule has 0 aromatic rings. The zero-order valence-electron chi connectivity index (χ0n) is 11.1. The molecule has 0 saturated heterocycles. The van der Waals surface area contributed by atoms with E-state index in [1.165, 1.54) is 12.0 Å². The second-order valence-corrected chi connectivity index (χ2v) is 4.85. The minimum atomic E-state index is -0.945. The van der Waals surface area contributed by atoms with Crippen LogP contribution in [0.4, 0.5) is 0 Å². The van der Waals surface area contributed by atoms with Crippen LogP contribution in [0.3, 0.4) is 0 Å². The molecule has 5 heteroatoms. The summed E-state index contributed by atoms with van der Waals surface area (Å²) in [4.78, 5) is 24.8. The Labute approximate surface area is 108 Å². The van der Waals surface area contributed by atoms with E-state index in [0.29, 0.717) is 12.8 Å². The number of ether oxygens (including phenoxy) is 1. The predicted octanol–water partition coefficient (Wildman–Crippen LogP) is 1.48. The van der Waals surface area contributed by atoms with Crippen molar-refractivity contribution in [2.45, 2.75) is 38.5 Å². The molecule has 18 heavy (non-hydrogen) atoms. The number of nitrogens with zero attached hydrogens (tertiary/aromatic N) is 2. The van der Waals surface area contributed by atoms with E-state index in [1.54, 1.807) is 7.05 Å². The first-order valence-corrected chi connectivity index (χ1v) is 6.29. The molecule has 100 valence electrons. The zero-order chi connectivity index (χ0) is 13.6. The van der Waals surface area contributed by atoms with Gasteiger partial charge in [0, 0.05) is 7.05 Å². The van der Waals surface area contributed by atoms with Crippen LogP contribution in [0.5, 0.6) is 0 Å². The molecule has 0 atom stereocenters. The molecule has 0 unspecified atom stereocenters. The van der Waals surface area contributed by atoms with Crippen LogP contribution in [0, 0.1) is 16.7 Å².